The lowest BCUT2D eigenvalue weighted by atomic mass is 9.94. The molecule has 36 heavy (non-hydrogen) atoms. The van der Waals surface area contributed by atoms with Crippen LogP contribution in [0.5, 0.6) is 46.0 Å². The smallest absolute Gasteiger partial charge is 0.204 e. The first-order chi connectivity index (χ1) is 17.3. The van der Waals surface area contributed by atoms with Crippen LogP contribution in [0, 0.1) is 0 Å². The van der Waals surface area contributed by atoms with Crippen LogP contribution < -0.4 is 23.7 Å². The van der Waals surface area contributed by atoms with Gasteiger partial charge in [0.15, 0.2) is 41.0 Å². The van der Waals surface area contributed by atoms with E-state index < -0.39 is 18.3 Å². The molecule has 2 aliphatic heterocycles. The summed E-state index contributed by atoms with van der Waals surface area (Å²) in [5, 5.41) is 39.9. The van der Waals surface area contributed by atoms with Gasteiger partial charge in [-0.25, -0.2) is 0 Å². The van der Waals surface area contributed by atoms with Gasteiger partial charge < -0.3 is 44.1 Å². The van der Waals surface area contributed by atoms with E-state index in [2.05, 4.69) is 0 Å². The highest BCUT2D eigenvalue weighted by Gasteiger charge is 2.37. The zero-order chi connectivity index (χ0) is 25.6. The third-order valence-electron chi connectivity index (χ3n) is 6.19. The number of benzene rings is 3. The Morgan fingerprint density at radius 3 is 2.33 bits per heavy atom. The molecule has 3 atom stereocenters. The van der Waals surface area contributed by atoms with Crippen molar-refractivity contribution in [3.63, 3.8) is 0 Å². The van der Waals surface area contributed by atoms with Crippen molar-refractivity contribution < 1.29 is 48.9 Å². The van der Waals surface area contributed by atoms with E-state index in [0.29, 0.717) is 22.6 Å². The molecule has 188 valence electrons. The standard InChI is InChI=1S/C26H24O10/c1-32-19-5-12(3-4-15(19)29)25-23(11-27)36-26-21(33-2)6-13(7-22(26)35-25)18-10-17(31)24-16(30)8-14(28)9-20(24)34-18/h3-9,18,23,25,27-30H,10-11H2,1-2H3. The number of ketones is 1. The number of rotatable bonds is 5. The van der Waals surface area contributed by atoms with Crippen LogP contribution in [-0.4, -0.2) is 53.1 Å². The number of Topliss-reactive ketones (excluding diaryl/α,β-unsaturated/α-hetero) is 1. The average Bonchev–Trinajstić information content (AvgIpc) is 2.86. The van der Waals surface area contributed by atoms with Gasteiger partial charge in [0.2, 0.25) is 5.75 Å². The molecule has 0 bridgehead atoms. The fraction of sp³-hybridized carbons (Fsp3) is 0.269. The normalized spacial score (nSPS) is 20.3. The van der Waals surface area contributed by atoms with Crippen LogP contribution in [0.25, 0.3) is 0 Å². The highest BCUT2D eigenvalue weighted by Crippen LogP contribution is 2.49. The van der Waals surface area contributed by atoms with Crippen LogP contribution in [0.15, 0.2) is 42.5 Å². The molecule has 10 nitrogen and oxygen atoms in total. The Kier molecular flexibility index (Phi) is 5.89. The molecule has 2 heterocycles. The van der Waals surface area contributed by atoms with Crippen molar-refractivity contribution in [2.75, 3.05) is 20.8 Å². The van der Waals surface area contributed by atoms with Crippen LogP contribution in [0.4, 0.5) is 0 Å². The third kappa shape index (κ3) is 3.95. The number of fused-ring (bicyclic) bond motifs is 2. The molecule has 5 rings (SSSR count). The van der Waals surface area contributed by atoms with Crippen molar-refractivity contribution in [1.82, 2.24) is 0 Å². The Labute approximate surface area is 205 Å². The predicted molar refractivity (Wildman–Crippen MR) is 125 cm³/mol. The number of carbonyl (C=O) groups excluding carboxylic acids is 1. The summed E-state index contributed by atoms with van der Waals surface area (Å²) < 4.78 is 29.0. The van der Waals surface area contributed by atoms with Gasteiger partial charge in [0.1, 0.15) is 28.9 Å². The molecule has 0 fully saturated rings. The number of aliphatic hydroxyl groups excluding tert-OH is 1. The third-order valence-corrected chi connectivity index (χ3v) is 6.19. The maximum absolute atomic E-state index is 12.8. The summed E-state index contributed by atoms with van der Waals surface area (Å²) in [5.41, 5.74) is 1.16. The summed E-state index contributed by atoms with van der Waals surface area (Å²) in [6, 6.07) is 10.4. The monoisotopic (exact) mass is 496 g/mol. The molecule has 0 spiro atoms. The van der Waals surface area contributed by atoms with E-state index in [4.69, 9.17) is 23.7 Å². The molecule has 2 aliphatic rings. The summed E-state index contributed by atoms with van der Waals surface area (Å²) in [7, 11) is 2.88. The Bertz CT molecular complexity index is 1330. The Morgan fingerprint density at radius 1 is 0.861 bits per heavy atom. The van der Waals surface area contributed by atoms with Crippen LogP contribution in [-0.2, 0) is 0 Å². The van der Waals surface area contributed by atoms with Crippen molar-refractivity contribution >= 4 is 5.78 Å². The van der Waals surface area contributed by atoms with E-state index in [1.807, 2.05) is 0 Å². The summed E-state index contributed by atoms with van der Waals surface area (Å²) >= 11 is 0. The summed E-state index contributed by atoms with van der Waals surface area (Å²) in [4.78, 5) is 12.8. The second-order valence-electron chi connectivity index (χ2n) is 8.43. The van der Waals surface area contributed by atoms with Gasteiger partial charge in [0.05, 0.1) is 27.2 Å². The number of methoxy groups -OCH3 is 2. The van der Waals surface area contributed by atoms with Gasteiger partial charge in [-0.15, -0.1) is 0 Å². The number of phenolic OH excluding ortho intramolecular Hbond substituents is 3. The zero-order valence-electron chi connectivity index (χ0n) is 19.4. The number of phenols is 3. The second-order valence-corrected chi connectivity index (χ2v) is 8.43. The first kappa shape index (κ1) is 23.4. The second kappa shape index (κ2) is 9.04. The Morgan fingerprint density at radius 2 is 1.61 bits per heavy atom. The molecule has 4 N–H and O–H groups in total. The average molecular weight is 496 g/mol. The molecule has 3 unspecified atom stereocenters. The molecule has 0 amide bonds. The number of ether oxygens (including phenoxy) is 5. The molecule has 10 heteroatoms. The van der Waals surface area contributed by atoms with E-state index in [9.17, 15) is 25.2 Å². The minimum atomic E-state index is -0.781. The predicted octanol–water partition coefficient (Wildman–Crippen LogP) is 3.40. The van der Waals surface area contributed by atoms with Crippen molar-refractivity contribution in [1.29, 1.82) is 0 Å². The van der Waals surface area contributed by atoms with Crippen LogP contribution in [0.2, 0.25) is 0 Å². The molecule has 0 radical (unpaired) electrons. The van der Waals surface area contributed by atoms with Gasteiger partial charge >= 0.3 is 0 Å². The number of aromatic hydroxyl groups is 3. The maximum Gasteiger partial charge on any atom is 0.204 e. The molecular weight excluding hydrogens is 472 g/mol. The van der Waals surface area contributed by atoms with Crippen LogP contribution >= 0.6 is 0 Å². The Hall–Kier alpha value is -4.31. The lowest BCUT2D eigenvalue weighted by Crippen LogP contribution is -2.36. The first-order valence-electron chi connectivity index (χ1n) is 11.1. The Balaban J connectivity index is 1.53. The fourth-order valence-electron chi connectivity index (χ4n) is 4.46. The minimum Gasteiger partial charge on any atom is -0.508 e. The van der Waals surface area contributed by atoms with Gasteiger partial charge in [-0.3, -0.25) is 4.79 Å². The zero-order valence-corrected chi connectivity index (χ0v) is 19.4. The topological polar surface area (TPSA) is 144 Å². The van der Waals surface area contributed by atoms with E-state index in [1.54, 1.807) is 24.3 Å². The van der Waals surface area contributed by atoms with Crippen molar-refractivity contribution in [2.45, 2.75) is 24.7 Å². The van der Waals surface area contributed by atoms with Gasteiger partial charge in [0, 0.05) is 23.3 Å². The van der Waals surface area contributed by atoms with E-state index >= 15 is 0 Å². The van der Waals surface area contributed by atoms with Gasteiger partial charge in [0.25, 0.3) is 0 Å². The molecule has 0 saturated carbocycles. The molecular formula is C26H24O10. The van der Waals surface area contributed by atoms with E-state index in [1.165, 1.54) is 26.4 Å². The maximum atomic E-state index is 12.8. The molecule has 3 aromatic carbocycles. The van der Waals surface area contributed by atoms with E-state index in [-0.39, 0.29) is 58.9 Å². The van der Waals surface area contributed by atoms with Gasteiger partial charge in [-0.05, 0) is 24.3 Å². The highest BCUT2D eigenvalue weighted by atomic mass is 16.6. The number of carbonyl (C=O) groups is 1. The fourth-order valence-corrected chi connectivity index (χ4v) is 4.46. The van der Waals surface area contributed by atoms with Crippen LogP contribution in [0.1, 0.15) is 40.1 Å². The van der Waals surface area contributed by atoms with Crippen molar-refractivity contribution in [3.8, 4) is 46.0 Å². The summed E-state index contributed by atoms with van der Waals surface area (Å²) in [6.07, 6.45) is -2.35. The molecule has 0 aromatic heterocycles. The molecule has 3 aromatic rings. The quantitative estimate of drug-likeness (QED) is 0.415. The summed E-state index contributed by atoms with van der Waals surface area (Å²) in [6.45, 7) is -0.359. The number of aliphatic hydroxyl groups is 1. The number of hydrogen-bond donors (Lipinski definition) is 4. The first-order valence-corrected chi connectivity index (χ1v) is 11.1. The molecule has 0 aliphatic carbocycles. The van der Waals surface area contributed by atoms with Crippen molar-refractivity contribution in [2.24, 2.45) is 0 Å². The van der Waals surface area contributed by atoms with Gasteiger partial charge in [-0.2, -0.15) is 0 Å². The molecule has 0 saturated heterocycles. The largest absolute Gasteiger partial charge is 0.508 e. The van der Waals surface area contributed by atoms with E-state index in [0.717, 1.165) is 6.07 Å². The SMILES string of the molecule is COc1cc(C2Oc3cc(C4CC(=O)c5c(O)cc(O)cc5O4)cc(OC)c3OC2CO)ccc1O. The highest BCUT2D eigenvalue weighted by molar-refractivity contribution is 6.02. The number of hydrogen-bond acceptors (Lipinski definition) is 10. The van der Waals surface area contributed by atoms with Gasteiger partial charge in [-0.1, -0.05) is 6.07 Å². The summed E-state index contributed by atoms with van der Waals surface area (Å²) in [5.74, 6) is 0.217. The minimum absolute atomic E-state index is 0.0145. The lowest BCUT2D eigenvalue weighted by molar-refractivity contribution is -0.0144. The lowest BCUT2D eigenvalue weighted by Gasteiger charge is -2.35. The van der Waals surface area contributed by atoms with Crippen molar-refractivity contribution in [3.05, 3.63) is 59.2 Å². The van der Waals surface area contributed by atoms with Crippen LogP contribution in [0.3, 0.4) is 0 Å².